The van der Waals surface area contributed by atoms with Crippen molar-refractivity contribution in [1.82, 2.24) is 4.98 Å². The topological polar surface area (TPSA) is 51.2 Å². The molecule has 33 heavy (non-hydrogen) atoms. The van der Waals surface area contributed by atoms with Gasteiger partial charge in [0.05, 0.1) is 16.9 Å². The molecule has 0 amide bonds. The van der Waals surface area contributed by atoms with Gasteiger partial charge in [-0.1, -0.05) is 50.2 Å². The summed E-state index contributed by atoms with van der Waals surface area (Å²) in [4.78, 5) is 17.2. The lowest BCUT2D eigenvalue weighted by Gasteiger charge is -2.22. The number of esters is 1. The van der Waals surface area contributed by atoms with Crippen LogP contribution in [0.4, 0.5) is 23.2 Å². The first kappa shape index (κ1) is 24.2. The maximum Gasteiger partial charge on any atom is 0.416 e. The summed E-state index contributed by atoms with van der Waals surface area (Å²) in [5, 5.41) is 2.67. The zero-order chi connectivity index (χ0) is 24.0. The summed E-state index contributed by atoms with van der Waals surface area (Å²) in [6.45, 7) is 3.36. The Kier molecular flexibility index (Phi) is 7.68. The van der Waals surface area contributed by atoms with E-state index >= 15 is 0 Å². The van der Waals surface area contributed by atoms with E-state index in [1.54, 1.807) is 19.9 Å². The van der Waals surface area contributed by atoms with Crippen molar-refractivity contribution in [2.24, 2.45) is 5.92 Å². The van der Waals surface area contributed by atoms with Gasteiger partial charge in [0, 0.05) is 12.1 Å². The lowest BCUT2D eigenvalue weighted by molar-refractivity contribution is -0.147. The van der Waals surface area contributed by atoms with Crippen LogP contribution >= 0.6 is 0 Å². The van der Waals surface area contributed by atoms with Gasteiger partial charge in [-0.25, -0.2) is 9.18 Å². The lowest BCUT2D eigenvalue weighted by atomic mass is 10.0. The number of ether oxygens (including phenoxy) is 1. The van der Waals surface area contributed by atoms with Crippen molar-refractivity contribution in [2.45, 2.75) is 39.1 Å². The van der Waals surface area contributed by atoms with E-state index in [4.69, 9.17) is 4.74 Å². The molecule has 0 saturated heterocycles. The third kappa shape index (κ3) is 6.78. The number of aromatic nitrogens is 1. The van der Waals surface area contributed by atoms with Crippen molar-refractivity contribution in [1.29, 1.82) is 0 Å². The van der Waals surface area contributed by atoms with E-state index in [2.05, 4.69) is 10.3 Å². The highest BCUT2D eigenvalue weighted by Gasteiger charge is 2.32. The van der Waals surface area contributed by atoms with Gasteiger partial charge in [0.15, 0.2) is 0 Å². The Bertz CT molecular complexity index is 1090. The standard InChI is InChI=1S/C25H24F4N2O2/c1-16(2)23(31-22-12-11-18(14-21(22)26)25(27,28)29)24(32)33-15-20-10-6-9-19(30-20)13-17-7-4-3-5-8-17/h3-12,14,16,23,31H,13,15H2,1-2H3. The van der Waals surface area contributed by atoms with Gasteiger partial charge in [0.25, 0.3) is 0 Å². The summed E-state index contributed by atoms with van der Waals surface area (Å²) in [5.41, 5.74) is 1.17. The fourth-order valence-electron chi connectivity index (χ4n) is 3.22. The zero-order valence-electron chi connectivity index (χ0n) is 18.2. The number of hydrogen-bond acceptors (Lipinski definition) is 4. The number of nitrogens with zero attached hydrogens (tertiary/aromatic N) is 1. The summed E-state index contributed by atoms with van der Waals surface area (Å²) >= 11 is 0. The first-order valence-corrected chi connectivity index (χ1v) is 10.4. The quantitative estimate of drug-likeness (QED) is 0.330. The van der Waals surface area contributed by atoms with Crippen LogP contribution in [0.15, 0.2) is 66.7 Å². The van der Waals surface area contributed by atoms with Crippen LogP contribution in [0.1, 0.15) is 36.4 Å². The molecule has 0 aliphatic heterocycles. The van der Waals surface area contributed by atoms with Gasteiger partial charge >= 0.3 is 12.1 Å². The molecule has 1 N–H and O–H groups in total. The van der Waals surface area contributed by atoms with E-state index in [1.165, 1.54) is 0 Å². The number of hydrogen-bond donors (Lipinski definition) is 1. The second-order valence-corrected chi connectivity index (χ2v) is 7.95. The van der Waals surface area contributed by atoms with Crippen LogP contribution in [0.2, 0.25) is 0 Å². The molecule has 1 heterocycles. The highest BCUT2D eigenvalue weighted by Crippen LogP contribution is 2.31. The second-order valence-electron chi connectivity index (χ2n) is 7.95. The Labute approximate surface area is 189 Å². The van der Waals surface area contributed by atoms with Gasteiger partial charge < -0.3 is 10.1 Å². The van der Waals surface area contributed by atoms with Gasteiger partial charge in [-0.3, -0.25) is 4.98 Å². The predicted molar refractivity (Wildman–Crippen MR) is 117 cm³/mol. The summed E-state index contributed by atoms with van der Waals surface area (Å²) in [5.74, 6) is -2.06. The molecule has 0 saturated carbocycles. The van der Waals surface area contributed by atoms with Gasteiger partial charge in [-0.05, 0) is 41.8 Å². The van der Waals surface area contributed by atoms with Gasteiger partial charge in [0.1, 0.15) is 18.5 Å². The third-order valence-electron chi connectivity index (χ3n) is 4.98. The maximum absolute atomic E-state index is 14.2. The van der Waals surface area contributed by atoms with Gasteiger partial charge in [0.2, 0.25) is 0 Å². The van der Waals surface area contributed by atoms with E-state index in [-0.39, 0.29) is 18.2 Å². The molecule has 4 nitrogen and oxygen atoms in total. The molecular weight excluding hydrogens is 436 g/mol. The molecular formula is C25H24F4N2O2. The van der Waals surface area contributed by atoms with Crippen molar-refractivity contribution in [3.63, 3.8) is 0 Å². The van der Waals surface area contributed by atoms with Crippen LogP contribution in [0.5, 0.6) is 0 Å². The average Bonchev–Trinajstić information content (AvgIpc) is 2.76. The Morgan fingerprint density at radius 1 is 1.00 bits per heavy atom. The molecule has 1 atom stereocenters. The van der Waals surface area contributed by atoms with E-state index in [0.717, 1.165) is 23.4 Å². The molecule has 0 aliphatic carbocycles. The van der Waals surface area contributed by atoms with Crippen LogP contribution in [0.3, 0.4) is 0 Å². The predicted octanol–water partition coefficient (Wildman–Crippen LogP) is 6.01. The molecule has 3 aromatic rings. The number of nitrogens with one attached hydrogen (secondary N) is 1. The number of anilines is 1. The molecule has 0 aliphatic rings. The average molecular weight is 460 g/mol. The Morgan fingerprint density at radius 3 is 2.33 bits per heavy atom. The first-order valence-electron chi connectivity index (χ1n) is 10.4. The Hall–Kier alpha value is -3.42. The SMILES string of the molecule is CC(C)C(Nc1ccc(C(F)(F)F)cc1F)C(=O)OCc1cccc(Cc2ccccc2)n1. The highest BCUT2D eigenvalue weighted by atomic mass is 19.4. The number of pyridine rings is 1. The Balaban J connectivity index is 1.65. The third-order valence-corrected chi connectivity index (χ3v) is 4.98. The van der Waals surface area contributed by atoms with E-state index in [0.29, 0.717) is 18.2 Å². The van der Waals surface area contributed by atoms with Crippen molar-refractivity contribution in [2.75, 3.05) is 5.32 Å². The van der Waals surface area contributed by atoms with Crippen LogP contribution in [0.25, 0.3) is 0 Å². The minimum atomic E-state index is -4.65. The molecule has 3 rings (SSSR count). The lowest BCUT2D eigenvalue weighted by Crippen LogP contribution is -2.36. The maximum atomic E-state index is 14.2. The second kappa shape index (κ2) is 10.5. The molecule has 1 unspecified atom stereocenters. The summed E-state index contributed by atoms with van der Waals surface area (Å²) in [6.07, 6.45) is -4.02. The molecule has 1 aromatic heterocycles. The first-order chi connectivity index (χ1) is 15.6. The summed E-state index contributed by atoms with van der Waals surface area (Å²) in [6, 6.07) is 16.4. The molecule has 174 valence electrons. The number of benzene rings is 2. The molecule has 8 heteroatoms. The smallest absolute Gasteiger partial charge is 0.416 e. The summed E-state index contributed by atoms with van der Waals surface area (Å²) < 4.78 is 57.9. The highest BCUT2D eigenvalue weighted by molar-refractivity contribution is 5.79. The van der Waals surface area contributed by atoms with E-state index in [1.807, 2.05) is 42.5 Å². The number of carbonyl (C=O) groups excluding carboxylic acids is 1. The van der Waals surface area contributed by atoms with Gasteiger partial charge in [-0.2, -0.15) is 13.2 Å². The minimum absolute atomic E-state index is 0.0815. The minimum Gasteiger partial charge on any atom is -0.458 e. The zero-order valence-corrected chi connectivity index (χ0v) is 18.2. The van der Waals surface area contributed by atoms with Crippen LogP contribution in [-0.4, -0.2) is 17.0 Å². The van der Waals surface area contributed by atoms with Crippen molar-refractivity contribution < 1.29 is 27.1 Å². The van der Waals surface area contributed by atoms with Crippen molar-refractivity contribution >= 4 is 11.7 Å². The Morgan fingerprint density at radius 2 is 1.70 bits per heavy atom. The number of rotatable bonds is 8. The van der Waals surface area contributed by atoms with Crippen LogP contribution in [0, 0.1) is 11.7 Å². The van der Waals surface area contributed by atoms with Crippen molar-refractivity contribution in [3.05, 3.63) is 95.1 Å². The molecule has 2 aromatic carbocycles. The fourth-order valence-corrected chi connectivity index (χ4v) is 3.22. The van der Waals surface area contributed by atoms with E-state index < -0.39 is 29.6 Å². The van der Waals surface area contributed by atoms with E-state index in [9.17, 15) is 22.4 Å². The molecule has 0 fully saturated rings. The monoisotopic (exact) mass is 460 g/mol. The normalized spacial score (nSPS) is 12.5. The summed E-state index contributed by atoms with van der Waals surface area (Å²) in [7, 11) is 0. The number of halogens is 4. The van der Waals surface area contributed by atoms with Crippen LogP contribution < -0.4 is 5.32 Å². The van der Waals surface area contributed by atoms with Crippen molar-refractivity contribution in [3.8, 4) is 0 Å². The fraction of sp³-hybridized carbons (Fsp3) is 0.280. The molecule has 0 spiro atoms. The number of carbonyl (C=O) groups is 1. The molecule has 0 radical (unpaired) electrons. The van der Waals surface area contributed by atoms with Crippen LogP contribution in [-0.2, 0) is 28.7 Å². The largest absolute Gasteiger partial charge is 0.458 e. The molecule has 0 bridgehead atoms. The number of alkyl halides is 3. The van der Waals surface area contributed by atoms with Gasteiger partial charge in [-0.15, -0.1) is 0 Å².